The Hall–Kier alpha value is -3.73. The minimum Gasteiger partial charge on any atom is -0.378 e. The number of aromatic nitrogens is 6. The van der Waals surface area contributed by atoms with Gasteiger partial charge < -0.3 is 16.0 Å². The predicted octanol–water partition coefficient (Wildman–Crippen LogP) is 2.16. The monoisotopic (exact) mass is 469 g/mol. The average molecular weight is 470 g/mol. The van der Waals surface area contributed by atoms with Gasteiger partial charge in [-0.2, -0.15) is 10.2 Å². The molecule has 3 N–H and O–H groups in total. The maximum atomic E-state index is 14.0. The molecule has 0 unspecified atom stereocenters. The number of hydrogen-bond acceptors (Lipinski definition) is 7. The summed E-state index contributed by atoms with van der Waals surface area (Å²) >= 11 is 5.89. The van der Waals surface area contributed by atoms with Crippen molar-refractivity contribution in [3.05, 3.63) is 53.8 Å². The molecule has 0 radical (unpaired) electrons. The summed E-state index contributed by atoms with van der Waals surface area (Å²) < 4.78 is 17.3. The quantitative estimate of drug-likeness (QED) is 0.444. The first kappa shape index (κ1) is 21.1. The van der Waals surface area contributed by atoms with Crippen LogP contribution in [0.15, 0.2) is 43.2 Å². The molecular formula is C21H21ClFN9O. The summed E-state index contributed by atoms with van der Waals surface area (Å²) in [5.41, 5.74) is 8.83. The van der Waals surface area contributed by atoms with Crippen LogP contribution < -0.4 is 16.0 Å². The first-order chi connectivity index (χ1) is 15.9. The molecule has 0 aromatic carbocycles. The number of nitrogens with two attached hydrogens (primary N) is 1. The molecule has 4 aromatic heterocycles. The highest BCUT2D eigenvalue weighted by Crippen LogP contribution is 2.31. The van der Waals surface area contributed by atoms with E-state index in [-0.39, 0.29) is 17.5 Å². The van der Waals surface area contributed by atoms with E-state index in [1.807, 2.05) is 30.4 Å². The number of nitrogens with zero attached hydrogens (tertiary/aromatic N) is 7. The first-order valence-corrected chi connectivity index (χ1v) is 10.7. The molecule has 0 bridgehead atoms. The zero-order chi connectivity index (χ0) is 23.1. The standard InChI is InChI=1S/C21H21ClFN9O/c1-30-8-14(4-27-30)12-2-18-19(16(20(24)33)7-28-32(18)10-12)29-17-11-31(9-13(17)3-23)21-25-5-15(22)6-26-21/h2,4-8,10,13,17,29H,3,9,11H2,1H3,(H2,24,33)/t13-,17+/m0/s1. The van der Waals surface area contributed by atoms with E-state index in [1.165, 1.54) is 18.6 Å². The van der Waals surface area contributed by atoms with E-state index in [2.05, 4.69) is 25.5 Å². The van der Waals surface area contributed by atoms with Crippen molar-refractivity contribution < 1.29 is 9.18 Å². The third kappa shape index (κ3) is 3.95. The SMILES string of the molecule is Cn1cc(-c2cc3c(N[C@@H]4CN(c5ncc(Cl)cn5)C[C@@H]4CF)c(C(N)=O)cnn3c2)cn1. The molecule has 2 atom stereocenters. The summed E-state index contributed by atoms with van der Waals surface area (Å²) in [4.78, 5) is 22.6. The number of hydrogen-bond donors (Lipinski definition) is 2. The minimum atomic E-state index is -0.621. The molecule has 0 saturated carbocycles. The highest BCUT2D eigenvalue weighted by atomic mass is 35.5. The summed E-state index contributed by atoms with van der Waals surface area (Å²) in [5, 5.41) is 12.3. The summed E-state index contributed by atoms with van der Waals surface area (Å²) in [6.45, 7) is 0.321. The van der Waals surface area contributed by atoms with Gasteiger partial charge in [0, 0.05) is 49.6 Å². The maximum absolute atomic E-state index is 14.0. The van der Waals surface area contributed by atoms with Crippen molar-refractivity contribution in [2.24, 2.45) is 18.7 Å². The third-order valence-electron chi connectivity index (χ3n) is 5.80. The number of amides is 1. The fourth-order valence-corrected chi connectivity index (χ4v) is 4.23. The number of aryl methyl sites for hydroxylation is 1. The summed E-state index contributed by atoms with van der Waals surface area (Å²) in [6, 6.07) is 1.59. The van der Waals surface area contributed by atoms with Crippen molar-refractivity contribution in [1.29, 1.82) is 0 Å². The Bertz CT molecular complexity index is 1320. The number of carbonyl (C=O) groups excluding carboxylic acids is 1. The number of rotatable bonds is 6. The van der Waals surface area contributed by atoms with E-state index in [0.29, 0.717) is 35.3 Å². The lowest BCUT2D eigenvalue weighted by Gasteiger charge is -2.21. The largest absolute Gasteiger partial charge is 0.378 e. The van der Waals surface area contributed by atoms with Crippen LogP contribution in [0.25, 0.3) is 16.6 Å². The zero-order valence-electron chi connectivity index (χ0n) is 17.7. The van der Waals surface area contributed by atoms with Crippen LogP contribution >= 0.6 is 11.6 Å². The van der Waals surface area contributed by atoms with Crippen LogP contribution in [0, 0.1) is 5.92 Å². The van der Waals surface area contributed by atoms with E-state index in [1.54, 1.807) is 15.4 Å². The average Bonchev–Trinajstić information content (AvgIpc) is 3.52. The van der Waals surface area contributed by atoms with Gasteiger partial charge >= 0.3 is 0 Å². The van der Waals surface area contributed by atoms with Crippen LogP contribution in [0.2, 0.25) is 5.02 Å². The maximum Gasteiger partial charge on any atom is 0.252 e. The first-order valence-electron chi connectivity index (χ1n) is 10.3. The molecular weight excluding hydrogens is 449 g/mol. The zero-order valence-corrected chi connectivity index (χ0v) is 18.4. The van der Waals surface area contributed by atoms with Gasteiger partial charge in [0.2, 0.25) is 5.95 Å². The van der Waals surface area contributed by atoms with Crippen molar-refractivity contribution in [3.63, 3.8) is 0 Å². The second-order valence-corrected chi connectivity index (χ2v) is 8.47. The number of primary amides is 1. The molecule has 0 aliphatic carbocycles. The molecule has 1 amide bonds. The Morgan fingerprint density at radius 2 is 1.97 bits per heavy atom. The fourth-order valence-electron chi connectivity index (χ4n) is 4.13. The van der Waals surface area contributed by atoms with E-state index < -0.39 is 12.6 Å². The Labute approximate surface area is 193 Å². The highest BCUT2D eigenvalue weighted by Gasteiger charge is 2.35. The lowest BCUT2D eigenvalue weighted by atomic mass is 10.0. The van der Waals surface area contributed by atoms with Gasteiger partial charge in [0.05, 0.1) is 59.3 Å². The highest BCUT2D eigenvalue weighted by molar-refractivity contribution is 6.30. The molecule has 0 spiro atoms. The van der Waals surface area contributed by atoms with E-state index >= 15 is 0 Å². The Morgan fingerprint density at radius 1 is 1.18 bits per heavy atom. The molecule has 1 aliphatic rings. The van der Waals surface area contributed by atoms with Crippen LogP contribution in [0.5, 0.6) is 0 Å². The molecule has 4 aromatic rings. The van der Waals surface area contributed by atoms with Crippen LogP contribution in [0.3, 0.4) is 0 Å². The molecule has 1 fully saturated rings. The van der Waals surface area contributed by atoms with Crippen LogP contribution in [0.1, 0.15) is 10.4 Å². The lowest BCUT2D eigenvalue weighted by molar-refractivity contribution is 0.100. The second kappa shape index (κ2) is 8.32. The third-order valence-corrected chi connectivity index (χ3v) is 5.99. The molecule has 12 heteroatoms. The van der Waals surface area contributed by atoms with Gasteiger partial charge in [-0.15, -0.1) is 0 Å². The number of carbonyl (C=O) groups is 1. The Balaban J connectivity index is 1.51. The molecule has 1 aliphatic heterocycles. The van der Waals surface area contributed by atoms with Gasteiger partial charge in [0.25, 0.3) is 5.91 Å². The van der Waals surface area contributed by atoms with Crippen molar-refractivity contribution in [1.82, 2.24) is 29.4 Å². The molecule has 5 heterocycles. The van der Waals surface area contributed by atoms with E-state index in [4.69, 9.17) is 17.3 Å². The summed E-state index contributed by atoms with van der Waals surface area (Å²) in [5.74, 6) is -0.492. The fraction of sp³-hybridized carbons (Fsp3) is 0.286. The number of fused-ring (bicyclic) bond motifs is 1. The summed E-state index contributed by atoms with van der Waals surface area (Å²) in [7, 11) is 1.84. The van der Waals surface area contributed by atoms with Crippen molar-refractivity contribution >= 4 is 34.7 Å². The minimum absolute atomic E-state index is 0.233. The Kier molecular flexibility index (Phi) is 5.33. The number of anilines is 2. The Morgan fingerprint density at radius 3 is 2.64 bits per heavy atom. The van der Waals surface area contributed by atoms with Crippen molar-refractivity contribution in [2.45, 2.75) is 6.04 Å². The molecule has 33 heavy (non-hydrogen) atoms. The van der Waals surface area contributed by atoms with E-state index in [9.17, 15) is 9.18 Å². The second-order valence-electron chi connectivity index (χ2n) is 8.03. The number of alkyl halides is 1. The number of nitrogens with one attached hydrogen (secondary N) is 1. The van der Waals surface area contributed by atoms with Crippen molar-refractivity contribution in [2.75, 3.05) is 30.0 Å². The van der Waals surface area contributed by atoms with Gasteiger partial charge in [-0.05, 0) is 6.07 Å². The van der Waals surface area contributed by atoms with E-state index in [0.717, 1.165) is 11.1 Å². The van der Waals surface area contributed by atoms with Gasteiger partial charge in [0.1, 0.15) is 0 Å². The molecule has 1 saturated heterocycles. The van der Waals surface area contributed by atoms with Crippen LogP contribution in [-0.4, -0.2) is 61.1 Å². The van der Waals surface area contributed by atoms with Gasteiger partial charge in [-0.3, -0.25) is 13.9 Å². The predicted molar refractivity (Wildman–Crippen MR) is 122 cm³/mol. The van der Waals surface area contributed by atoms with Gasteiger partial charge in [-0.1, -0.05) is 11.6 Å². The van der Waals surface area contributed by atoms with Crippen molar-refractivity contribution in [3.8, 4) is 11.1 Å². The van der Waals surface area contributed by atoms with Gasteiger partial charge in [-0.25, -0.2) is 14.5 Å². The molecule has 10 nitrogen and oxygen atoms in total. The smallest absolute Gasteiger partial charge is 0.252 e. The van der Waals surface area contributed by atoms with Crippen LogP contribution in [0.4, 0.5) is 16.0 Å². The van der Waals surface area contributed by atoms with Crippen LogP contribution in [-0.2, 0) is 7.05 Å². The summed E-state index contributed by atoms with van der Waals surface area (Å²) in [6.07, 6.45) is 9.91. The topological polar surface area (TPSA) is 119 Å². The normalized spacial score (nSPS) is 18.2. The molecule has 170 valence electrons. The number of halogens is 2. The van der Waals surface area contributed by atoms with Gasteiger partial charge in [0.15, 0.2) is 0 Å². The molecule has 5 rings (SSSR count). The lowest BCUT2D eigenvalue weighted by Crippen LogP contribution is -2.31.